The van der Waals surface area contributed by atoms with Crippen LogP contribution in [0.2, 0.25) is 0 Å². The van der Waals surface area contributed by atoms with Crippen LogP contribution in [0, 0.1) is 5.41 Å². The molecule has 1 nitrogen and oxygen atoms in total. The fourth-order valence-electron chi connectivity index (χ4n) is 3.98. The van der Waals surface area contributed by atoms with Crippen molar-refractivity contribution in [3.63, 3.8) is 0 Å². The Kier molecular flexibility index (Phi) is 4.18. The lowest BCUT2D eigenvalue weighted by Crippen LogP contribution is -2.37. The highest BCUT2D eigenvalue weighted by Gasteiger charge is 2.36. The highest BCUT2D eigenvalue weighted by Crippen LogP contribution is 2.46. The summed E-state index contributed by atoms with van der Waals surface area (Å²) >= 11 is 2.13. The first-order valence-corrected chi connectivity index (χ1v) is 8.58. The molecule has 1 unspecified atom stereocenters. The van der Waals surface area contributed by atoms with Gasteiger partial charge in [0, 0.05) is 16.7 Å². The molecule has 3 rings (SSSR count). The number of fused-ring (bicyclic) bond motifs is 1. The van der Waals surface area contributed by atoms with E-state index in [-0.39, 0.29) is 0 Å². The van der Waals surface area contributed by atoms with Crippen LogP contribution in [-0.4, -0.2) is 18.8 Å². The van der Waals surface area contributed by atoms with Gasteiger partial charge in [-0.25, -0.2) is 0 Å². The van der Waals surface area contributed by atoms with Gasteiger partial charge in [0.1, 0.15) is 0 Å². The number of hydrogen-bond donors (Lipinski definition) is 1. The number of nitrogens with one attached hydrogen (secondary N) is 1. The second kappa shape index (κ2) is 5.88. The Hall–Kier alpha value is -0.470. The van der Waals surface area contributed by atoms with E-state index in [0.717, 1.165) is 5.25 Å². The van der Waals surface area contributed by atoms with Gasteiger partial charge in [0.15, 0.2) is 0 Å². The Morgan fingerprint density at radius 1 is 1.21 bits per heavy atom. The Balaban J connectivity index is 1.67. The Morgan fingerprint density at radius 2 is 2.00 bits per heavy atom. The van der Waals surface area contributed by atoms with Crippen molar-refractivity contribution in [2.24, 2.45) is 5.41 Å². The molecule has 1 fully saturated rings. The molecule has 1 heterocycles. The summed E-state index contributed by atoms with van der Waals surface area (Å²) in [4.78, 5) is 1.53. The summed E-state index contributed by atoms with van der Waals surface area (Å²) in [7, 11) is 2.12. The molecule has 1 aliphatic carbocycles. The van der Waals surface area contributed by atoms with Gasteiger partial charge in [-0.05, 0) is 49.8 Å². The van der Waals surface area contributed by atoms with E-state index in [0.29, 0.717) is 5.41 Å². The Labute approximate surface area is 121 Å². The van der Waals surface area contributed by atoms with Crippen LogP contribution in [0.1, 0.15) is 44.1 Å². The molecule has 19 heavy (non-hydrogen) atoms. The first-order valence-electron chi connectivity index (χ1n) is 7.70. The number of thioether (sulfide) groups is 1. The van der Waals surface area contributed by atoms with Crippen LogP contribution in [0.25, 0.3) is 0 Å². The third-order valence-corrected chi connectivity index (χ3v) is 6.16. The van der Waals surface area contributed by atoms with Crippen LogP contribution in [-0.2, 0) is 6.42 Å². The van der Waals surface area contributed by atoms with Crippen molar-refractivity contribution < 1.29 is 0 Å². The minimum Gasteiger partial charge on any atom is -0.319 e. The summed E-state index contributed by atoms with van der Waals surface area (Å²) < 4.78 is 0. The van der Waals surface area contributed by atoms with E-state index in [2.05, 4.69) is 48.4 Å². The molecule has 2 heteroatoms. The van der Waals surface area contributed by atoms with E-state index in [1.54, 1.807) is 5.56 Å². The van der Waals surface area contributed by atoms with Crippen molar-refractivity contribution in [1.82, 2.24) is 5.32 Å². The monoisotopic (exact) mass is 275 g/mol. The minimum atomic E-state index is 0.576. The maximum absolute atomic E-state index is 3.46. The quantitative estimate of drug-likeness (QED) is 0.881. The summed E-state index contributed by atoms with van der Waals surface area (Å²) in [5.74, 6) is 0. The van der Waals surface area contributed by atoms with Gasteiger partial charge < -0.3 is 5.32 Å². The van der Waals surface area contributed by atoms with Crippen LogP contribution >= 0.6 is 11.8 Å². The third-order valence-electron chi connectivity index (χ3n) is 4.84. The second-order valence-corrected chi connectivity index (χ2v) is 7.69. The van der Waals surface area contributed by atoms with Gasteiger partial charge >= 0.3 is 0 Å². The molecule has 104 valence electrons. The molecule has 1 aromatic carbocycles. The van der Waals surface area contributed by atoms with E-state index in [4.69, 9.17) is 0 Å². The molecule has 1 saturated carbocycles. The second-order valence-electron chi connectivity index (χ2n) is 6.35. The SMILES string of the molecule is CNCC1(CC2Cc3ccccc3S2)CCCCC1. The van der Waals surface area contributed by atoms with E-state index in [9.17, 15) is 0 Å². The van der Waals surface area contributed by atoms with Gasteiger partial charge in [-0.2, -0.15) is 0 Å². The smallest absolute Gasteiger partial charge is 0.0141 e. The van der Waals surface area contributed by atoms with Crippen LogP contribution in [0.4, 0.5) is 0 Å². The van der Waals surface area contributed by atoms with Gasteiger partial charge in [0.2, 0.25) is 0 Å². The Morgan fingerprint density at radius 3 is 2.74 bits per heavy atom. The van der Waals surface area contributed by atoms with E-state index >= 15 is 0 Å². The van der Waals surface area contributed by atoms with Gasteiger partial charge in [0.05, 0.1) is 0 Å². The summed E-state index contributed by atoms with van der Waals surface area (Å²) in [5, 5.41) is 4.27. The van der Waals surface area contributed by atoms with Gasteiger partial charge in [-0.1, -0.05) is 37.5 Å². The summed E-state index contributed by atoms with van der Waals surface area (Å²) in [5.41, 5.74) is 2.15. The number of hydrogen-bond acceptors (Lipinski definition) is 2. The molecule has 1 aliphatic heterocycles. The maximum Gasteiger partial charge on any atom is 0.0141 e. The van der Waals surface area contributed by atoms with Crippen molar-refractivity contribution in [3.8, 4) is 0 Å². The van der Waals surface area contributed by atoms with Crippen molar-refractivity contribution in [1.29, 1.82) is 0 Å². The van der Waals surface area contributed by atoms with Crippen LogP contribution in [0.5, 0.6) is 0 Å². The van der Waals surface area contributed by atoms with Gasteiger partial charge in [-0.15, -0.1) is 11.8 Å². The first kappa shape index (κ1) is 13.5. The van der Waals surface area contributed by atoms with E-state index in [1.807, 2.05) is 0 Å². The maximum atomic E-state index is 3.46. The third kappa shape index (κ3) is 3.00. The predicted octanol–water partition coefficient (Wildman–Crippen LogP) is 4.26. The lowest BCUT2D eigenvalue weighted by molar-refractivity contribution is 0.169. The van der Waals surface area contributed by atoms with Crippen molar-refractivity contribution >= 4 is 11.8 Å². The molecule has 0 aromatic heterocycles. The molecule has 0 saturated heterocycles. The highest BCUT2D eigenvalue weighted by molar-refractivity contribution is 8.00. The molecule has 0 bridgehead atoms. The van der Waals surface area contributed by atoms with E-state index in [1.165, 1.54) is 56.4 Å². The van der Waals surface area contributed by atoms with Crippen LogP contribution in [0.15, 0.2) is 29.2 Å². The average Bonchev–Trinajstić information content (AvgIpc) is 2.81. The first-order chi connectivity index (χ1) is 9.31. The largest absolute Gasteiger partial charge is 0.319 e. The molecule has 1 atom stereocenters. The van der Waals surface area contributed by atoms with Gasteiger partial charge in [-0.3, -0.25) is 0 Å². The zero-order valence-electron chi connectivity index (χ0n) is 12.0. The lowest BCUT2D eigenvalue weighted by atomic mass is 9.70. The van der Waals surface area contributed by atoms with Crippen molar-refractivity contribution in [2.45, 2.75) is 55.1 Å². The number of rotatable bonds is 4. The molecule has 0 amide bonds. The highest BCUT2D eigenvalue weighted by atomic mass is 32.2. The summed E-state index contributed by atoms with van der Waals surface area (Å²) in [6, 6.07) is 8.98. The molecule has 2 aliphatic rings. The predicted molar refractivity (Wildman–Crippen MR) is 83.9 cm³/mol. The topological polar surface area (TPSA) is 12.0 Å². The molecular weight excluding hydrogens is 250 g/mol. The van der Waals surface area contributed by atoms with Gasteiger partial charge in [0.25, 0.3) is 0 Å². The normalized spacial score (nSPS) is 25.2. The molecular formula is C17H25NS. The molecule has 1 aromatic rings. The molecule has 1 N–H and O–H groups in total. The van der Waals surface area contributed by atoms with Crippen LogP contribution < -0.4 is 5.32 Å². The molecule has 0 radical (unpaired) electrons. The van der Waals surface area contributed by atoms with Crippen molar-refractivity contribution in [2.75, 3.05) is 13.6 Å². The van der Waals surface area contributed by atoms with E-state index < -0.39 is 0 Å². The summed E-state index contributed by atoms with van der Waals surface area (Å²) in [6.45, 7) is 1.21. The lowest BCUT2D eigenvalue weighted by Gasteiger charge is -2.39. The minimum absolute atomic E-state index is 0.576. The fourth-order valence-corrected chi connectivity index (χ4v) is 5.50. The summed E-state index contributed by atoms with van der Waals surface area (Å²) in [6.07, 6.45) is 9.86. The zero-order chi connectivity index (χ0) is 13.1. The van der Waals surface area contributed by atoms with Crippen molar-refractivity contribution in [3.05, 3.63) is 29.8 Å². The number of benzene rings is 1. The fraction of sp³-hybridized carbons (Fsp3) is 0.647. The average molecular weight is 275 g/mol. The zero-order valence-corrected chi connectivity index (χ0v) is 12.8. The standard InChI is InChI=1S/C17H25NS/c1-18-13-17(9-5-2-6-10-17)12-15-11-14-7-3-4-8-16(14)19-15/h3-4,7-8,15,18H,2,5-6,9-13H2,1H3. The Bertz CT molecular complexity index is 393. The molecule has 0 spiro atoms. The van der Waals surface area contributed by atoms with Crippen LogP contribution in [0.3, 0.4) is 0 Å².